The molecule has 1 spiro atoms. The number of nitrogens with one attached hydrogen (secondary N) is 1. The molecule has 3 heterocycles. The smallest absolute Gasteiger partial charge is 0.245 e. The summed E-state index contributed by atoms with van der Waals surface area (Å²) in [6.45, 7) is 4.00. The summed E-state index contributed by atoms with van der Waals surface area (Å²) in [5.74, 6) is 0.370. The molecule has 1 atom stereocenters. The van der Waals surface area contributed by atoms with Crippen LogP contribution in [-0.4, -0.2) is 66.9 Å². The number of benzene rings is 1. The van der Waals surface area contributed by atoms with E-state index in [1.54, 1.807) is 6.21 Å². The number of rotatable bonds is 7. The highest BCUT2D eigenvalue weighted by Gasteiger charge is 2.57. The second-order valence-electron chi connectivity index (χ2n) is 9.61. The monoisotopic (exact) mass is 470 g/mol. The van der Waals surface area contributed by atoms with Gasteiger partial charge in [-0.2, -0.15) is 4.31 Å². The molecule has 8 nitrogen and oxygen atoms in total. The van der Waals surface area contributed by atoms with E-state index in [0.29, 0.717) is 24.8 Å². The Hall–Kier alpha value is -2.36. The Bertz CT molecular complexity index is 1110. The van der Waals surface area contributed by atoms with Crippen LogP contribution in [0.4, 0.5) is 0 Å². The van der Waals surface area contributed by atoms with E-state index in [0.717, 1.165) is 31.2 Å². The first-order chi connectivity index (χ1) is 15.8. The summed E-state index contributed by atoms with van der Waals surface area (Å²) in [6, 6.07) is 5.15. The zero-order chi connectivity index (χ0) is 23.2. The second kappa shape index (κ2) is 8.45. The number of allylic oxidation sites excluding steroid dienone is 1. The van der Waals surface area contributed by atoms with E-state index in [1.807, 2.05) is 6.08 Å². The first kappa shape index (κ1) is 22.4. The van der Waals surface area contributed by atoms with E-state index in [2.05, 4.69) is 15.2 Å². The largest absolute Gasteiger partial charge is 0.335 e. The zero-order valence-electron chi connectivity index (χ0n) is 18.9. The van der Waals surface area contributed by atoms with E-state index in [9.17, 15) is 18.0 Å². The van der Waals surface area contributed by atoms with Crippen molar-refractivity contribution < 1.29 is 18.0 Å². The predicted octanol–water partition coefficient (Wildman–Crippen LogP) is 2.33. The van der Waals surface area contributed by atoms with Gasteiger partial charge in [-0.15, -0.1) is 0 Å². The normalized spacial score (nSPS) is 25.4. The summed E-state index contributed by atoms with van der Waals surface area (Å²) in [4.78, 5) is 31.7. The minimum absolute atomic E-state index is 0.0951. The first-order valence-corrected chi connectivity index (χ1v) is 13.1. The molecule has 1 unspecified atom stereocenters. The number of Topliss-reactive ketones (excluding diaryl/α,β-unsaturated/α-hetero) is 1. The number of hydrogen-bond acceptors (Lipinski definition) is 6. The third kappa shape index (κ3) is 4.29. The summed E-state index contributed by atoms with van der Waals surface area (Å²) in [5.41, 5.74) is 0.253. The Morgan fingerprint density at radius 2 is 1.88 bits per heavy atom. The summed E-state index contributed by atoms with van der Waals surface area (Å²) in [6.07, 6.45) is 8.30. The molecule has 4 aliphatic rings. The van der Waals surface area contributed by atoms with Crippen molar-refractivity contribution in [1.82, 2.24) is 14.5 Å². The molecule has 1 amide bonds. The van der Waals surface area contributed by atoms with Crippen LogP contribution in [0.3, 0.4) is 0 Å². The van der Waals surface area contributed by atoms with Crippen LogP contribution in [0.25, 0.3) is 0 Å². The molecule has 0 radical (unpaired) electrons. The van der Waals surface area contributed by atoms with Crippen LogP contribution in [0.1, 0.15) is 55.8 Å². The lowest BCUT2D eigenvalue weighted by molar-refractivity contribution is -0.121. The van der Waals surface area contributed by atoms with Gasteiger partial charge in [-0.25, -0.2) is 8.42 Å². The minimum atomic E-state index is -4.00. The van der Waals surface area contributed by atoms with Gasteiger partial charge in [0.15, 0.2) is 5.78 Å². The molecule has 3 aliphatic heterocycles. The molecular weight excluding hydrogens is 440 g/mol. The fraction of sp³-hybridized carbons (Fsp3) is 0.542. The molecule has 1 N–H and O–H groups in total. The van der Waals surface area contributed by atoms with Crippen molar-refractivity contribution in [1.29, 1.82) is 0 Å². The average molecular weight is 471 g/mol. The van der Waals surface area contributed by atoms with Crippen molar-refractivity contribution in [3.05, 3.63) is 41.6 Å². The van der Waals surface area contributed by atoms with Gasteiger partial charge >= 0.3 is 0 Å². The van der Waals surface area contributed by atoms with Crippen molar-refractivity contribution in [3.8, 4) is 0 Å². The van der Waals surface area contributed by atoms with Crippen LogP contribution in [0.15, 0.2) is 45.9 Å². The summed E-state index contributed by atoms with van der Waals surface area (Å²) >= 11 is 0. The van der Waals surface area contributed by atoms with Gasteiger partial charge in [0.1, 0.15) is 11.7 Å². The van der Waals surface area contributed by atoms with E-state index in [4.69, 9.17) is 0 Å². The lowest BCUT2D eigenvalue weighted by Gasteiger charge is -2.44. The molecular formula is C24H30N4O4S. The number of carbonyl (C=O) groups excluding carboxylic acids is 2. The maximum atomic E-state index is 14.0. The van der Waals surface area contributed by atoms with Crippen LogP contribution < -0.4 is 5.32 Å². The number of likely N-dealkylation sites (tertiary alicyclic amines) is 1. The Morgan fingerprint density at radius 3 is 2.45 bits per heavy atom. The summed E-state index contributed by atoms with van der Waals surface area (Å²) < 4.78 is 29.4. The number of sulfonamides is 1. The van der Waals surface area contributed by atoms with Gasteiger partial charge in [0.05, 0.1) is 4.90 Å². The van der Waals surface area contributed by atoms with E-state index in [-0.39, 0.29) is 23.0 Å². The van der Waals surface area contributed by atoms with Gasteiger partial charge in [-0.05, 0) is 50.7 Å². The predicted molar refractivity (Wildman–Crippen MR) is 124 cm³/mol. The molecule has 5 rings (SSSR count). The Balaban J connectivity index is 1.48. The second-order valence-corrected chi connectivity index (χ2v) is 11.4. The number of aliphatic imine (C=N–C) groups is 1. The van der Waals surface area contributed by atoms with Crippen molar-refractivity contribution >= 4 is 27.9 Å². The minimum Gasteiger partial charge on any atom is -0.335 e. The van der Waals surface area contributed by atoms with Crippen molar-refractivity contribution in [2.75, 3.05) is 19.6 Å². The Labute approximate surface area is 194 Å². The summed E-state index contributed by atoms with van der Waals surface area (Å²) in [5, 5.41) is 3.09. The fourth-order valence-electron chi connectivity index (χ4n) is 5.18. The van der Waals surface area contributed by atoms with Crippen molar-refractivity contribution in [2.24, 2.45) is 10.9 Å². The lowest BCUT2D eigenvalue weighted by Crippen LogP contribution is -2.60. The van der Waals surface area contributed by atoms with Crippen LogP contribution in [0, 0.1) is 5.92 Å². The maximum absolute atomic E-state index is 14.0. The first-order valence-electron chi connectivity index (χ1n) is 11.7. The van der Waals surface area contributed by atoms with Gasteiger partial charge in [-0.1, -0.05) is 18.2 Å². The van der Waals surface area contributed by atoms with Crippen molar-refractivity contribution in [2.45, 2.75) is 62.0 Å². The zero-order valence-corrected chi connectivity index (χ0v) is 19.7. The molecule has 1 saturated carbocycles. The fourth-order valence-corrected chi connectivity index (χ4v) is 7.08. The standard InChI is InChI=1S/C24H30N4O4S/c1-17(29)19-6-8-21(9-7-19)33(31,32)28-22(15-20-3-2-12-25-20)23(30)26-24(28)10-13-27(14-11-24)16-18-4-5-18/h3,6-9,12,18,22H,2,4-5,10-11,13-16H2,1H3,(H,26,30). The molecule has 176 valence electrons. The SMILES string of the molecule is CC(=O)c1ccc(S(=O)(=O)N2C(CC3=CCC=N3)C(=O)NC23CCN(CC2CC2)CC3)cc1. The molecule has 1 aliphatic carbocycles. The lowest BCUT2D eigenvalue weighted by atomic mass is 9.97. The van der Waals surface area contributed by atoms with Gasteiger partial charge < -0.3 is 10.2 Å². The van der Waals surface area contributed by atoms with Crippen LogP contribution in [0.5, 0.6) is 0 Å². The maximum Gasteiger partial charge on any atom is 0.245 e. The highest BCUT2D eigenvalue weighted by Crippen LogP contribution is 2.41. The molecule has 9 heteroatoms. The number of hydrogen-bond donors (Lipinski definition) is 1. The van der Waals surface area contributed by atoms with Crippen LogP contribution >= 0.6 is 0 Å². The highest BCUT2D eigenvalue weighted by atomic mass is 32.2. The van der Waals surface area contributed by atoms with Crippen molar-refractivity contribution in [3.63, 3.8) is 0 Å². The topological polar surface area (TPSA) is 99.1 Å². The Morgan fingerprint density at radius 1 is 1.18 bits per heavy atom. The number of carbonyl (C=O) groups is 2. The number of piperidine rings is 1. The highest BCUT2D eigenvalue weighted by molar-refractivity contribution is 7.89. The molecule has 1 aromatic carbocycles. The van der Waals surface area contributed by atoms with Gasteiger partial charge in [0, 0.05) is 50.0 Å². The molecule has 1 aromatic rings. The number of ketones is 1. The van der Waals surface area contributed by atoms with Gasteiger partial charge in [0.2, 0.25) is 15.9 Å². The molecule has 33 heavy (non-hydrogen) atoms. The number of amides is 1. The molecule has 3 fully saturated rings. The average Bonchev–Trinajstić information content (AvgIpc) is 3.37. The third-order valence-electron chi connectivity index (χ3n) is 7.20. The van der Waals surface area contributed by atoms with E-state index < -0.39 is 21.7 Å². The molecule has 2 saturated heterocycles. The van der Waals surface area contributed by atoms with Crippen LogP contribution in [0.2, 0.25) is 0 Å². The van der Waals surface area contributed by atoms with Crippen LogP contribution in [-0.2, 0) is 14.8 Å². The molecule has 0 bridgehead atoms. The van der Waals surface area contributed by atoms with E-state index in [1.165, 1.54) is 48.3 Å². The quantitative estimate of drug-likeness (QED) is 0.617. The summed E-state index contributed by atoms with van der Waals surface area (Å²) in [7, 11) is -4.00. The van der Waals surface area contributed by atoms with Gasteiger partial charge in [0.25, 0.3) is 0 Å². The number of nitrogens with zero attached hydrogens (tertiary/aromatic N) is 3. The third-order valence-corrected chi connectivity index (χ3v) is 9.19. The Kier molecular flexibility index (Phi) is 5.74. The van der Waals surface area contributed by atoms with Gasteiger partial charge in [-0.3, -0.25) is 14.6 Å². The molecule has 0 aromatic heterocycles. The van der Waals surface area contributed by atoms with E-state index >= 15 is 0 Å².